The number of rotatable bonds is 7. The number of nitriles is 1. The Kier molecular flexibility index (Phi) is 6.70. The summed E-state index contributed by atoms with van der Waals surface area (Å²) in [7, 11) is 0. The van der Waals surface area contributed by atoms with E-state index in [-0.39, 0.29) is 23.8 Å². The fraction of sp³-hybridized carbons (Fsp3) is 0.0400. The Balaban J connectivity index is 1.41. The van der Waals surface area contributed by atoms with Crippen LogP contribution in [0.1, 0.15) is 16.7 Å². The average Bonchev–Trinajstić information content (AvgIpc) is 2.86. The Morgan fingerprint density at radius 3 is 2.53 bits per heavy atom. The van der Waals surface area contributed by atoms with Gasteiger partial charge in [-0.25, -0.2) is 19.2 Å². The summed E-state index contributed by atoms with van der Waals surface area (Å²) in [5.74, 6) is -1.20. The number of halogens is 2. The largest absolute Gasteiger partial charge is 0.489 e. The lowest BCUT2D eigenvalue weighted by Gasteiger charge is -2.07. The Morgan fingerprint density at radius 2 is 1.82 bits per heavy atom. The minimum absolute atomic E-state index is 0.0836. The molecule has 0 unspecified atom stereocenters. The monoisotopic (exact) mass is 457 g/mol. The van der Waals surface area contributed by atoms with Gasteiger partial charge < -0.3 is 4.74 Å². The van der Waals surface area contributed by atoms with Gasteiger partial charge in [0.15, 0.2) is 11.6 Å². The van der Waals surface area contributed by atoms with Crippen molar-refractivity contribution in [3.8, 4) is 23.1 Å². The summed E-state index contributed by atoms with van der Waals surface area (Å²) in [5.41, 5.74) is 4.13. The maximum atomic E-state index is 13.3. The van der Waals surface area contributed by atoms with Crippen molar-refractivity contribution in [3.05, 3.63) is 111 Å². The van der Waals surface area contributed by atoms with Gasteiger partial charge in [0.1, 0.15) is 24.0 Å². The van der Waals surface area contributed by atoms with Crippen LogP contribution in [0, 0.1) is 23.0 Å². The first-order valence-electron chi connectivity index (χ1n) is 10.1. The van der Waals surface area contributed by atoms with Gasteiger partial charge in [0, 0.05) is 5.56 Å². The van der Waals surface area contributed by atoms with Crippen LogP contribution in [0.3, 0.4) is 0 Å². The van der Waals surface area contributed by atoms with Crippen molar-refractivity contribution in [2.45, 2.75) is 6.61 Å². The first-order chi connectivity index (χ1) is 16.5. The smallest absolute Gasteiger partial charge is 0.270 e. The van der Waals surface area contributed by atoms with Crippen molar-refractivity contribution in [2.24, 2.45) is 5.10 Å². The molecule has 1 heterocycles. The number of hydrogen-bond donors (Lipinski definition) is 2. The van der Waals surface area contributed by atoms with Gasteiger partial charge in [-0.1, -0.05) is 36.4 Å². The fourth-order valence-corrected chi connectivity index (χ4v) is 3.05. The van der Waals surface area contributed by atoms with E-state index in [0.29, 0.717) is 16.9 Å². The number of aromatic amines is 1. The zero-order chi connectivity index (χ0) is 23.9. The summed E-state index contributed by atoms with van der Waals surface area (Å²) in [6.45, 7) is 0.0909. The molecule has 1 aromatic heterocycles. The molecular weight excluding hydrogens is 440 g/mol. The van der Waals surface area contributed by atoms with Gasteiger partial charge in [0.25, 0.3) is 5.56 Å². The maximum Gasteiger partial charge on any atom is 0.270 e. The molecule has 0 atom stereocenters. The van der Waals surface area contributed by atoms with Crippen molar-refractivity contribution in [1.82, 2.24) is 9.97 Å². The number of hydrogen-bond acceptors (Lipinski definition) is 6. The highest BCUT2D eigenvalue weighted by Gasteiger charge is 2.12. The molecule has 0 spiro atoms. The molecule has 0 aliphatic heterocycles. The lowest BCUT2D eigenvalue weighted by atomic mass is 10.1. The molecule has 2 N–H and O–H groups in total. The molecule has 34 heavy (non-hydrogen) atoms. The predicted molar refractivity (Wildman–Crippen MR) is 123 cm³/mol. The molecule has 0 saturated heterocycles. The van der Waals surface area contributed by atoms with E-state index in [9.17, 15) is 18.8 Å². The SMILES string of the molecule is N#Cc1c(-c2ccccc2)nc(NN=Cc2ccc(OCc3ccc(F)c(F)c3)cc2)[nH]c1=O. The summed E-state index contributed by atoms with van der Waals surface area (Å²) in [4.78, 5) is 19.1. The van der Waals surface area contributed by atoms with Crippen LogP contribution in [-0.4, -0.2) is 16.2 Å². The Hall–Kier alpha value is -4.84. The van der Waals surface area contributed by atoms with Crippen LogP contribution in [0.4, 0.5) is 14.7 Å². The van der Waals surface area contributed by atoms with Gasteiger partial charge in [0.05, 0.1) is 11.9 Å². The third kappa shape index (κ3) is 5.31. The summed E-state index contributed by atoms with van der Waals surface area (Å²) in [6, 6.07) is 21.3. The van der Waals surface area contributed by atoms with Crippen LogP contribution in [0.5, 0.6) is 5.75 Å². The number of hydrazone groups is 1. The van der Waals surface area contributed by atoms with Crippen LogP contribution in [0.2, 0.25) is 0 Å². The number of anilines is 1. The van der Waals surface area contributed by atoms with E-state index in [1.165, 1.54) is 12.3 Å². The molecule has 0 aliphatic carbocycles. The van der Waals surface area contributed by atoms with Crippen LogP contribution in [-0.2, 0) is 6.61 Å². The van der Waals surface area contributed by atoms with E-state index in [0.717, 1.165) is 17.7 Å². The van der Waals surface area contributed by atoms with Gasteiger partial charge >= 0.3 is 0 Å². The van der Waals surface area contributed by atoms with E-state index < -0.39 is 17.2 Å². The molecule has 0 aliphatic rings. The third-order valence-corrected chi connectivity index (χ3v) is 4.73. The number of nitrogens with one attached hydrogen (secondary N) is 2. The van der Waals surface area contributed by atoms with E-state index in [2.05, 4.69) is 20.5 Å². The molecule has 0 bridgehead atoms. The van der Waals surface area contributed by atoms with Gasteiger partial charge in [0.2, 0.25) is 5.95 Å². The second-order valence-electron chi connectivity index (χ2n) is 7.09. The number of aromatic nitrogens is 2. The van der Waals surface area contributed by atoms with E-state index in [1.54, 1.807) is 48.5 Å². The quantitative estimate of drug-likeness (QED) is 0.312. The molecule has 0 saturated carbocycles. The molecule has 7 nitrogen and oxygen atoms in total. The van der Waals surface area contributed by atoms with Gasteiger partial charge in [-0.05, 0) is 47.5 Å². The molecule has 4 rings (SSSR count). The van der Waals surface area contributed by atoms with E-state index in [1.807, 2.05) is 12.1 Å². The van der Waals surface area contributed by atoms with Gasteiger partial charge in [-0.15, -0.1) is 0 Å². The Labute approximate surface area is 193 Å². The standard InChI is InChI=1S/C25H17F2N5O2/c26-21-11-8-17(12-22(21)27)15-34-19-9-6-16(7-10-19)14-29-32-25-30-23(18-4-2-1-3-5-18)20(13-28)24(33)31-25/h1-12,14H,15H2,(H2,30,31,32,33). The van der Waals surface area contributed by atoms with Gasteiger partial charge in [-0.3, -0.25) is 9.78 Å². The maximum absolute atomic E-state index is 13.3. The topological polar surface area (TPSA) is 103 Å². The zero-order valence-electron chi connectivity index (χ0n) is 17.6. The molecular formula is C25H17F2N5O2. The molecule has 3 aromatic carbocycles. The fourth-order valence-electron chi connectivity index (χ4n) is 3.05. The number of ether oxygens (including phenoxy) is 1. The lowest BCUT2D eigenvalue weighted by Crippen LogP contribution is -2.16. The number of benzene rings is 3. The minimum atomic E-state index is -0.922. The molecule has 0 amide bonds. The summed E-state index contributed by atoms with van der Waals surface area (Å²) in [5, 5.41) is 13.4. The second-order valence-corrected chi connectivity index (χ2v) is 7.09. The van der Waals surface area contributed by atoms with Crippen molar-refractivity contribution in [2.75, 3.05) is 5.43 Å². The van der Waals surface area contributed by atoms with Crippen LogP contribution >= 0.6 is 0 Å². The Morgan fingerprint density at radius 1 is 1.06 bits per heavy atom. The normalized spacial score (nSPS) is 10.7. The van der Waals surface area contributed by atoms with Crippen molar-refractivity contribution >= 4 is 12.2 Å². The highest BCUT2D eigenvalue weighted by atomic mass is 19.2. The molecule has 168 valence electrons. The zero-order valence-corrected chi connectivity index (χ0v) is 17.6. The highest BCUT2D eigenvalue weighted by molar-refractivity contribution is 5.80. The summed E-state index contributed by atoms with van der Waals surface area (Å²) >= 11 is 0. The van der Waals surface area contributed by atoms with Crippen LogP contribution in [0.15, 0.2) is 82.7 Å². The van der Waals surface area contributed by atoms with Crippen LogP contribution in [0.25, 0.3) is 11.3 Å². The van der Waals surface area contributed by atoms with Gasteiger partial charge in [-0.2, -0.15) is 10.4 Å². The third-order valence-electron chi connectivity index (χ3n) is 4.73. The first-order valence-corrected chi connectivity index (χ1v) is 10.1. The van der Waals surface area contributed by atoms with Crippen LogP contribution < -0.4 is 15.7 Å². The number of nitrogens with zero attached hydrogens (tertiary/aromatic N) is 3. The second kappa shape index (κ2) is 10.2. The molecule has 0 radical (unpaired) electrons. The highest BCUT2D eigenvalue weighted by Crippen LogP contribution is 2.19. The van der Waals surface area contributed by atoms with Crippen molar-refractivity contribution < 1.29 is 13.5 Å². The Bertz CT molecular complexity index is 1430. The lowest BCUT2D eigenvalue weighted by molar-refractivity contribution is 0.305. The molecule has 4 aromatic rings. The summed E-state index contributed by atoms with van der Waals surface area (Å²) in [6.07, 6.45) is 1.51. The van der Waals surface area contributed by atoms with E-state index in [4.69, 9.17) is 4.74 Å². The molecule has 0 fully saturated rings. The van der Waals surface area contributed by atoms with E-state index >= 15 is 0 Å². The predicted octanol–water partition coefficient (Wildman–Crippen LogP) is 4.61. The number of H-pyrrole nitrogens is 1. The average molecular weight is 457 g/mol. The van der Waals surface area contributed by atoms with Crippen molar-refractivity contribution in [3.63, 3.8) is 0 Å². The minimum Gasteiger partial charge on any atom is -0.489 e. The molecule has 9 heteroatoms. The summed E-state index contributed by atoms with van der Waals surface area (Å²) < 4.78 is 31.9. The first kappa shape index (κ1) is 22.4. The van der Waals surface area contributed by atoms with Crippen molar-refractivity contribution in [1.29, 1.82) is 5.26 Å².